The molecule has 1 fully saturated rings. The Morgan fingerprint density at radius 2 is 2.11 bits per heavy atom. The van der Waals surface area contributed by atoms with Crippen LogP contribution in [0.15, 0.2) is 18.2 Å². The van der Waals surface area contributed by atoms with Crippen molar-refractivity contribution < 1.29 is 4.74 Å². The molecule has 1 saturated carbocycles. The second kappa shape index (κ2) is 6.94. The van der Waals surface area contributed by atoms with Gasteiger partial charge in [-0.2, -0.15) is 0 Å². The molecule has 2 rings (SSSR count). The van der Waals surface area contributed by atoms with E-state index in [9.17, 15) is 0 Å². The fraction of sp³-hybridized carbons (Fsp3) is 0.600. The molecule has 1 aliphatic carbocycles. The van der Waals surface area contributed by atoms with Gasteiger partial charge in [0.15, 0.2) is 0 Å². The summed E-state index contributed by atoms with van der Waals surface area (Å²) in [4.78, 5) is 0. The molecule has 2 atom stereocenters. The minimum absolute atomic E-state index is 0.259. The van der Waals surface area contributed by atoms with Crippen LogP contribution in [-0.2, 0) is 11.2 Å². The molecule has 0 bridgehead atoms. The largest absolute Gasteiger partial charge is 0.380 e. The van der Waals surface area contributed by atoms with Crippen LogP contribution in [-0.4, -0.2) is 25.8 Å². The highest BCUT2D eigenvalue weighted by Gasteiger charge is 2.36. The van der Waals surface area contributed by atoms with Crippen LogP contribution >= 0.6 is 23.2 Å². The highest BCUT2D eigenvalue weighted by atomic mass is 35.5. The molecule has 1 N–H and O–H groups in total. The maximum Gasteiger partial charge on any atom is 0.0755 e. The second-order valence-corrected chi connectivity index (χ2v) is 5.90. The van der Waals surface area contributed by atoms with E-state index in [1.807, 2.05) is 18.2 Å². The Labute approximate surface area is 125 Å². The van der Waals surface area contributed by atoms with E-state index in [1.54, 1.807) is 7.11 Å². The number of nitrogens with one attached hydrogen (secondary N) is 1. The zero-order valence-electron chi connectivity index (χ0n) is 11.5. The van der Waals surface area contributed by atoms with Crippen LogP contribution in [0.2, 0.25) is 10.0 Å². The fourth-order valence-corrected chi connectivity index (χ4v) is 3.02. The van der Waals surface area contributed by atoms with Crippen molar-refractivity contribution in [2.75, 3.05) is 13.7 Å². The molecule has 106 valence electrons. The smallest absolute Gasteiger partial charge is 0.0755 e. The monoisotopic (exact) mass is 301 g/mol. The second-order valence-electron chi connectivity index (χ2n) is 5.12. The van der Waals surface area contributed by atoms with E-state index in [2.05, 4.69) is 12.2 Å². The molecule has 0 spiro atoms. The Kier molecular flexibility index (Phi) is 5.52. The maximum absolute atomic E-state index is 6.28. The first kappa shape index (κ1) is 15.1. The van der Waals surface area contributed by atoms with Crippen LogP contribution in [0.1, 0.15) is 25.3 Å². The van der Waals surface area contributed by atoms with Crippen molar-refractivity contribution in [2.24, 2.45) is 5.92 Å². The van der Waals surface area contributed by atoms with Gasteiger partial charge in [0.05, 0.1) is 16.1 Å². The molecule has 0 aliphatic heterocycles. The number of methoxy groups -OCH3 is 1. The Morgan fingerprint density at radius 3 is 2.68 bits per heavy atom. The lowest BCUT2D eigenvalue weighted by atomic mass is 9.98. The minimum atomic E-state index is 0.259. The maximum atomic E-state index is 6.28. The normalized spacial score (nSPS) is 18.3. The van der Waals surface area contributed by atoms with E-state index in [0.717, 1.165) is 18.5 Å². The van der Waals surface area contributed by atoms with Crippen LogP contribution < -0.4 is 5.32 Å². The zero-order valence-corrected chi connectivity index (χ0v) is 13.0. The molecule has 0 amide bonds. The number of halogens is 2. The van der Waals surface area contributed by atoms with Gasteiger partial charge in [0.1, 0.15) is 0 Å². The molecule has 0 heterocycles. The number of hydrogen-bond donors (Lipinski definition) is 1. The number of benzene rings is 1. The number of ether oxygens (including phenoxy) is 1. The van der Waals surface area contributed by atoms with Crippen LogP contribution in [0.5, 0.6) is 0 Å². The molecule has 1 aromatic carbocycles. The molecule has 2 unspecified atom stereocenters. The van der Waals surface area contributed by atoms with Crippen molar-refractivity contribution in [3.8, 4) is 0 Å². The third-order valence-corrected chi connectivity index (χ3v) is 4.55. The summed E-state index contributed by atoms with van der Waals surface area (Å²) in [7, 11) is 1.80. The van der Waals surface area contributed by atoms with E-state index in [0.29, 0.717) is 22.0 Å². The Hall–Kier alpha value is -0.280. The van der Waals surface area contributed by atoms with E-state index >= 15 is 0 Å². The van der Waals surface area contributed by atoms with Gasteiger partial charge in [0.25, 0.3) is 0 Å². The fourth-order valence-electron chi connectivity index (χ4n) is 2.62. The van der Waals surface area contributed by atoms with Gasteiger partial charge in [0, 0.05) is 13.2 Å². The number of rotatable bonds is 7. The van der Waals surface area contributed by atoms with Gasteiger partial charge in [-0.1, -0.05) is 42.3 Å². The van der Waals surface area contributed by atoms with E-state index in [-0.39, 0.29) is 6.10 Å². The standard InChI is InChI=1S/C15H21Cl2NO/c1-3-18-13(15(19-2)10-7-8-10)9-11-5-4-6-12(16)14(11)17/h4-6,10,13,15,18H,3,7-9H2,1-2H3. The van der Waals surface area contributed by atoms with E-state index < -0.39 is 0 Å². The van der Waals surface area contributed by atoms with Gasteiger partial charge >= 0.3 is 0 Å². The lowest BCUT2D eigenvalue weighted by Gasteiger charge is -2.27. The van der Waals surface area contributed by atoms with Crippen LogP contribution in [0.4, 0.5) is 0 Å². The van der Waals surface area contributed by atoms with Gasteiger partial charge in [-0.15, -0.1) is 0 Å². The SMILES string of the molecule is CCNC(Cc1cccc(Cl)c1Cl)C(OC)C1CC1. The summed E-state index contributed by atoms with van der Waals surface area (Å²) in [6, 6.07) is 6.10. The predicted molar refractivity (Wildman–Crippen MR) is 81.2 cm³/mol. The molecule has 1 aliphatic rings. The molecule has 2 nitrogen and oxygen atoms in total. The Morgan fingerprint density at radius 1 is 1.37 bits per heavy atom. The molecule has 4 heteroatoms. The van der Waals surface area contributed by atoms with Gasteiger partial charge in [0.2, 0.25) is 0 Å². The predicted octanol–water partition coefficient (Wildman–Crippen LogP) is 3.94. The van der Waals surface area contributed by atoms with Gasteiger partial charge in [-0.05, 0) is 43.4 Å². The lowest BCUT2D eigenvalue weighted by Crippen LogP contribution is -2.43. The Bertz CT molecular complexity index is 421. The summed E-state index contributed by atoms with van der Waals surface area (Å²) in [6.07, 6.45) is 3.64. The molecule has 0 saturated heterocycles. The third kappa shape index (κ3) is 3.85. The third-order valence-electron chi connectivity index (χ3n) is 3.69. The summed E-state index contributed by atoms with van der Waals surface area (Å²) in [6.45, 7) is 3.04. The van der Waals surface area contributed by atoms with Crippen LogP contribution in [0, 0.1) is 5.92 Å². The minimum Gasteiger partial charge on any atom is -0.380 e. The number of hydrogen-bond acceptors (Lipinski definition) is 2. The molecular weight excluding hydrogens is 281 g/mol. The summed E-state index contributed by atoms with van der Waals surface area (Å²) in [5.74, 6) is 0.687. The van der Waals surface area contributed by atoms with Crippen molar-refractivity contribution in [3.63, 3.8) is 0 Å². The first-order valence-electron chi connectivity index (χ1n) is 6.86. The molecular formula is C15H21Cl2NO. The highest BCUT2D eigenvalue weighted by Crippen LogP contribution is 2.37. The van der Waals surface area contributed by atoms with Gasteiger partial charge in [-0.3, -0.25) is 0 Å². The summed E-state index contributed by atoms with van der Waals surface area (Å²) < 4.78 is 5.69. The van der Waals surface area contributed by atoms with Gasteiger partial charge < -0.3 is 10.1 Å². The van der Waals surface area contributed by atoms with Crippen molar-refractivity contribution in [1.29, 1.82) is 0 Å². The van der Waals surface area contributed by atoms with Crippen molar-refractivity contribution >= 4 is 23.2 Å². The Balaban J connectivity index is 2.13. The summed E-state index contributed by atoms with van der Waals surface area (Å²) >= 11 is 12.4. The van der Waals surface area contributed by atoms with Crippen molar-refractivity contribution in [3.05, 3.63) is 33.8 Å². The molecule has 0 radical (unpaired) electrons. The molecule has 19 heavy (non-hydrogen) atoms. The highest BCUT2D eigenvalue weighted by molar-refractivity contribution is 6.42. The van der Waals surface area contributed by atoms with E-state index in [1.165, 1.54) is 12.8 Å². The molecule has 0 aromatic heterocycles. The van der Waals surface area contributed by atoms with Crippen molar-refractivity contribution in [1.82, 2.24) is 5.32 Å². The average molecular weight is 302 g/mol. The van der Waals surface area contributed by atoms with Gasteiger partial charge in [-0.25, -0.2) is 0 Å². The van der Waals surface area contributed by atoms with Crippen LogP contribution in [0.25, 0.3) is 0 Å². The van der Waals surface area contributed by atoms with Crippen LogP contribution in [0.3, 0.4) is 0 Å². The summed E-state index contributed by atoms with van der Waals surface area (Å²) in [5.41, 5.74) is 1.09. The number of likely N-dealkylation sites (N-methyl/N-ethyl adjacent to an activating group) is 1. The van der Waals surface area contributed by atoms with Crippen molar-refractivity contribution in [2.45, 2.75) is 38.3 Å². The van der Waals surface area contributed by atoms with E-state index in [4.69, 9.17) is 27.9 Å². The quantitative estimate of drug-likeness (QED) is 0.824. The molecule has 1 aromatic rings. The first-order chi connectivity index (χ1) is 9.17. The lowest BCUT2D eigenvalue weighted by molar-refractivity contribution is 0.0516. The zero-order chi connectivity index (χ0) is 13.8. The topological polar surface area (TPSA) is 21.3 Å². The first-order valence-corrected chi connectivity index (χ1v) is 7.62. The average Bonchev–Trinajstić information content (AvgIpc) is 3.20. The summed E-state index contributed by atoms with van der Waals surface area (Å²) in [5, 5.41) is 4.81.